The third-order valence-electron chi connectivity index (χ3n) is 8.36. The SMILES string of the molecule is COC1(c2ccc(Oc3ccc(C45CC6CC4CC6C5)cc3)cc2)CN(C)C1. The van der Waals surface area contributed by atoms with Gasteiger partial charge in [0.1, 0.15) is 17.1 Å². The number of benzene rings is 2. The highest BCUT2D eigenvalue weighted by atomic mass is 16.5. The summed E-state index contributed by atoms with van der Waals surface area (Å²) in [6, 6.07) is 17.4. The van der Waals surface area contributed by atoms with Gasteiger partial charge in [-0.2, -0.15) is 0 Å². The van der Waals surface area contributed by atoms with Crippen LogP contribution in [0.3, 0.4) is 0 Å². The maximum absolute atomic E-state index is 6.13. The van der Waals surface area contributed by atoms with Gasteiger partial charge in [-0.25, -0.2) is 0 Å². The molecule has 0 radical (unpaired) electrons. The minimum Gasteiger partial charge on any atom is -0.457 e. The molecule has 3 nitrogen and oxygen atoms in total. The van der Waals surface area contributed by atoms with Crippen LogP contribution in [0.25, 0.3) is 0 Å². The lowest BCUT2D eigenvalue weighted by molar-refractivity contribution is -0.121. The molecule has 2 aromatic rings. The Morgan fingerprint density at radius 1 is 0.821 bits per heavy atom. The Labute approximate surface area is 167 Å². The van der Waals surface area contributed by atoms with Crippen molar-refractivity contribution in [3.05, 3.63) is 59.7 Å². The van der Waals surface area contributed by atoms with E-state index in [1.54, 1.807) is 12.7 Å². The van der Waals surface area contributed by atoms with Crippen LogP contribution >= 0.6 is 0 Å². The van der Waals surface area contributed by atoms with E-state index in [1.807, 2.05) is 0 Å². The highest BCUT2D eigenvalue weighted by Gasteiger charge is 2.63. The van der Waals surface area contributed by atoms with Crippen LogP contribution in [-0.2, 0) is 15.8 Å². The van der Waals surface area contributed by atoms with E-state index in [-0.39, 0.29) is 5.60 Å². The van der Waals surface area contributed by atoms with Gasteiger partial charge < -0.3 is 9.47 Å². The van der Waals surface area contributed by atoms with Crippen molar-refractivity contribution < 1.29 is 9.47 Å². The Balaban J connectivity index is 1.17. The molecule has 0 spiro atoms. The van der Waals surface area contributed by atoms with E-state index in [9.17, 15) is 0 Å². The third kappa shape index (κ3) is 2.29. The highest BCUT2D eigenvalue weighted by molar-refractivity contribution is 5.41. The van der Waals surface area contributed by atoms with E-state index in [2.05, 4.69) is 60.5 Å². The van der Waals surface area contributed by atoms with E-state index in [0.717, 1.165) is 42.3 Å². The maximum Gasteiger partial charge on any atom is 0.127 e. The van der Waals surface area contributed by atoms with Crippen molar-refractivity contribution >= 4 is 0 Å². The van der Waals surface area contributed by atoms with Gasteiger partial charge in [-0.05, 0) is 91.3 Å². The van der Waals surface area contributed by atoms with Gasteiger partial charge in [0, 0.05) is 20.2 Å². The van der Waals surface area contributed by atoms with Crippen molar-refractivity contribution in [2.45, 2.75) is 36.7 Å². The van der Waals surface area contributed by atoms with E-state index in [0.29, 0.717) is 5.41 Å². The molecule has 1 aliphatic heterocycles. The first-order chi connectivity index (χ1) is 13.6. The highest BCUT2D eigenvalue weighted by Crippen LogP contribution is 2.70. The lowest BCUT2D eigenvalue weighted by atomic mass is 9.75. The minimum atomic E-state index is -0.157. The molecular formula is C25H29NO2. The first kappa shape index (κ1) is 17.1. The number of likely N-dealkylation sites (tertiary alicyclic amines) is 1. The molecule has 4 bridgehead atoms. The van der Waals surface area contributed by atoms with E-state index in [4.69, 9.17) is 9.47 Å². The predicted molar refractivity (Wildman–Crippen MR) is 110 cm³/mol. The molecular weight excluding hydrogens is 346 g/mol. The fraction of sp³-hybridized carbons (Fsp3) is 0.520. The lowest BCUT2D eigenvalue weighted by Crippen LogP contribution is -2.58. The Morgan fingerprint density at radius 2 is 1.36 bits per heavy atom. The molecule has 0 aromatic heterocycles. The summed E-state index contributed by atoms with van der Waals surface area (Å²) in [5.74, 6) is 4.80. The van der Waals surface area contributed by atoms with Gasteiger partial charge >= 0.3 is 0 Å². The van der Waals surface area contributed by atoms with Crippen molar-refractivity contribution in [3.63, 3.8) is 0 Å². The van der Waals surface area contributed by atoms with Gasteiger partial charge in [0.05, 0.1) is 0 Å². The van der Waals surface area contributed by atoms with E-state index < -0.39 is 0 Å². The second-order valence-corrected chi connectivity index (χ2v) is 9.77. The van der Waals surface area contributed by atoms with Gasteiger partial charge in [0.15, 0.2) is 0 Å². The van der Waals surface area contributed by atoms with Gasteiger partial charge in [-0.3, -0.25) is 4.90 Å². The number of likely N-dealkylation sites (N-methyl/N-ethyl adjacent to an activating group) is 1. The average molecular weight is 376 g/mol. The number of methoxy groups -OCH3 is 1. The molecule has 4 saturated carbocycles. The molecule has 28 heavy (non-hydrogen) atoms. The summed E-state index contributed by atoms with van der Waals surface area (Å²) in [5, 5.41) is 0. The molecule has 5 aliphatic rings. The molecule has 0 N–H and O–H groups in total. The van der Waals surface area contributed by atoms with Crippen LogP contribution in [0, 0.1) is 17.8 Å². The fourth-order valence-electron chi connectivity index (χ4n) is 7.06. The second kappa shape index (κ2) is 5.84. The topological polar surface area (TPSA) is 21.7 Å². The standard InChI is InChI=1S/C25H29NO2/c1-26-15-25(16-26,27-2)20-5-9-23(10-6-20)28-22-7-3-19(4-8-22)24-13-17-11-21(24)12-18(17)14-24/h3-10,17-18,21H,11-16H2,1-2H3. The molecule has 0 amide bonds. The summed E-state index contributed by atoms with van der Waals surface area (Å²) in [6.45, 7) is 1.88. The van der Waals surface area contributed by atoms with Crippen molar-refractivity contribution in [2.24, 2.45) is 17.8 Å². The average Bonchev–Trinajstić information content (AvgIpc) is 3.42. The fourth-order valence-corrected chi connectivity index (χ4v) is 7.06. The van der Waals surface area contributed by atoms with Gasteiger partial charge in [0.2, 0.25) is 0 Å². The number of ether oxygens (including phenoxy) is 2. The number of rotatable bonds is 5. The van der Waals surface area contributed by atoms with E-state index in [1.165, 1.54) is 31.2 Å². The van der Waals surface area contributed by atoms with Crippen LogP contribution < -0.4 is 4.74 Å². The van der Waals surface area contributed by atoms with Crippen LogP contribution in [0.1, 0.15) is 36.8 Å². The maximum atomic E-state index is 6.13. The largest absolute Gasteiger partial charge is 0.457 e. The molecule has 1 heterocycles. The molecule has 2 atom stereocenters. The van der Waals surface area contributed by atoms with E-state index >= 15 is 0 Å². The molecule has 2 aromatic carbocycles. The van der Waals surface area contributed by atoms with Crippen molar-refractivity contribution in [1.82, 2.24) is 4.90 Å². The zero-order chi connectivity index (χ0) is 18.9. The van der Waals surface area contributed by atoms with Crippen LogP contribution in [0.2, 0.25) is 0 Å². The van der Waals surface area contributed by atoms with Gasteiger partial charge in [0.25, 0.3) is 0 Å². The molecule has 7 rings (SSSR count). The minimum absolute atomic E-state index is 0.157. The summed E-state index contributed by atoms with van der Waals surface area (Å²) >= 11 is 0. The Bertz CT molecular complexity index is 868. The zero-order valence-corrected chi connectivity index (χ0v) is 16.9. The Morgan fingerprint density at radius 3 is 1.79 bits per heavy atom. The van der Waals surface area contributed by atoms with Crippen molar-refractivity contribution in [3.8, 4) is 11.5 Å². The molecule has 5 fully saturated rings. The lowest BCUT2D eigenvalue weighted by Gasteiger charge is -2.47. The third-order valence-corrected chi connectivity index (χ3v) is 8.36. The van der Waals surface area contributed by atoms with Gasteiger partial charge in [-0.1, -0.05) is 24.3 Å². The monoisotopic (exact) mass is 375 g/mol. The molecule has 3 heteroatoms. The summed E-state index contributed by atoms with van der Waals surface area (Å²) in [5.41, 5.74) is 3.12. The van der Waals surface area contributed by atoms with Gasteiger partial charge in [-0.15, -0.1) is 0 Å². The summed E-state index contributed by atoms with van der Waals surface area (Å²) < 4.78 is 11.9. The van der Waals surface area contributed by atoms with Crippen molar-refractivity contribution in [1.29, 1.82) is 0 Å². The van der Waals surface area contributed by atoms with Crippen molar-refractivity contribution in [2.75, 3.05) is 27.2 Å². The summed E-state index contributed by atoms with van der Waals surface area (Å²) in [7, 11) is 3.93. The molecule has 4 aliphatic carbocycles. The molecule has 1 saturated heterocycles. The van der Waals surface area contributed by atoms with Crippen LogP contribution in [0.4, 0.5) is 0 Å². The number of hydrogen-bond donors (Lipinski definition) is 0. The Hall–Kier alpha value is -1.84. The first-order valence-corrected chi connectivity index (χ1v) is 10.7. The smallest absolute Gasteiger partial charge is 0.127 e. The van der Waals surface area contributed by atoms with Crippen LogP contribution in [0.15, 0.2) is 48.5 Å². The second-order valence-electron chi connectivity index (χ2n) is 9.77. The predicted octanol–water partition coefficient (Wildman–Crippen LogP) is 4.95. The number of nitrogens with zero attached hydrogens (tertiary/aromatic N) is 1. The van der Waals surface area contributed by atoms with Crippen LogP contribution in [-0.4, -0.2) is 32.1 Å². The first-order valence-electron chi connectivity index (χ1n) is 10.7. The quantitative estimate of drug-likeness (QED) is 0.738. The summed E-state index contributed by atoms with van der Waals surface area (Å²) in [4.78, 5) is 2.27. The normalized spacial score (nSPS) is 34.7. The number of hydrogen-bond acceptors (Lipinski definition) is 3. The Kier molecular flexibility index (Phi) is 3.56. The molecule has 2 unspecified atom stereocenters. The summed E-state index contributed by atoms with van der Waals surface area (Å²) in [6.07, 6.45) is 5.82. The van der Waals surface area contributed by atoms with Crippen LogP contribution in [0.5, 0.6) is 11.5 Å². The zero-order valence-electron chi connectivity index (χ0n) is 16.9. The molecule has 146 valence electrons.